The average Bonchev–Trinajstić information content (AvgIpc) is 2.50. The highest BCUT2D eigenvalue weighted by molar-refractivity contribution is 5.52. The first kappa shape index (κ1) is 7.24. The fraction of sp³-hybridized carbons (Fsp3) is 0.250. The Kier molecular flexibility index (Phi) is 1.55. The van der Waals surface area contributed by atoms with Gasteiger partial charge in [0, 0.05) is 11.6 Å². The van der Waals surface area contributed by atoms with Crippen molar-refractivity contribution >= 4 is 0 Å². The highest BCUT2D eigenvalue weighted by Crippen LogP contribution is 2.38. The van der Waals surface area contributed by atoms with Crippen molar-refractivity contribution in [2.75, 3.05) is 6.79 Å². The van der Waals surface area contributed by atoms with Gasteiger partial charge in [-0.25, -0.2) is 0 Å². The molecule has 64 valence electrons. The van der Waals surface area contributed by atoms with E-state index in [9.17, 15) is 0 Å². The number of hydrogen-bond donors (Lipinski definition) is 2. The maximum Gasteiger partial charge on any atom is 0.231 e. The summed E-state index contributed by atoms with van der Waals surface area (Å²) >= 11 is 0. The molecule has 0 amide bonds. The lowest BCUT2D eigenvalue weighted by molar-refractivity contribution is 0.171. The number of rotatable bonds is 1. The largest absolute Gasteiger partial charge is 0.508 e. The fourth-order valence-corrected chi connectivity index (χ4v) is 1.18. The van der Waals surface area contributed by atoms with Crippen LogP contribution in [0, 0.1) is 0 Å². The summed E-state index contributed by atoms with van der Waals surface area (Å²) < 4.78 is 10.1. The van der Waals surface area contributed by atoms with E-state index >= 15 is 0 Å². The number of phenols is 1. The van der Waals surface area contributed by atoms with E-state index in [1.165, 1.54) is 12.1 Å². The molecule has 1 aliphatic rings. The van der Waals surface area contributed by atoms with Crippen molar-refractivity contribution in [3.05, 3.63) is 17.7 Å². The molecule has 1 aromatic rings. The van der Waals surface area contributed by atoms with Crippen LogP contribution in [0.15, 0.2) is 12.1 Å². The molecule has 12 heavy (non-hydrogen) atoms. The van der Waals surface area contributed by atoms with E-state index < -0.39 is 0 Å². The Labute approximate surface area is 69.0 Å². The Morgan fingerprint density at radius 1 is 1.33 bits per heavy atom. The molecule has 0 spiro atoms. The molecule has 2 N–H and O–H groups in total. The third kappa shape index (κ3) is 0.967. The molecule has 0 fully saturated rings. The van der Waals surface area contributed by atoms with Crippen molar-refractivity contribution in [2.24, 2.45) is 0 Å². The number of aliphatic hydroxyl groups excluding tert-OH is 1. The van der Waals surface area contributed by atoms with E-state index in [0.29, 0.717) is 17.1 Å². The van der Waals surface area contributed by atoms with Gasteiger partial charge in [0.25, 0.3) is 0 Å². The molecule has 0 bridgehead atoms. The molecular formula is C8H8O4. The Bertz CT molecular complexity index is 308. The van der Waals surface area contributed by atoms with Crippen LogP contribution in [0.5, 0.6) is 17.2 Å². The van der Waals surface area contributed by atoms with Crippen LogP contribution in [0.2, 0.25) is 0 Å². The van der Waals surface area contributed by atoms with E-state index in [1.54, 1.807) is 0 Å². The van der Waals surface area contributed by atoms with Crippen LogP contribution in [0.4, 0.5) is 0 Å². The minimum Gasteiger partial charge on any atom is -0.508 e. The van der Waals surface area contributed by atoms with Crippen molar-refractivity contribution in [1.82, 2.24) is 0 Å². The van der Waals surface area contributed by atoms with Gasteiger partial charge in [-0.05, 0) is 6.07 Å². The third-order valence-electron chi connectivity index (χ3n) is 1.70. The van der Waals surface area contributed by atoms with Crippen molar-refractivity contribution in [3.63, 3.8) is 0 Å². The number of hydrogen-bond acceptors (Lipinski definition) is 4. The van der Waals surface area contributed by atoms with Gasteiger partial charge in [0.1, 0.15) is 5.75 Å². The molecule has 0 radical (unpaired) electrons. The summed E-state index contributed by atoms with van der Waals surface area (Å²) in [6.45, 7) is -0.0219. The summed E-state index contributed by atoms with van der Waals surface area (Å²) in [5.41, 5.74) is 0.544. The van der Waals surface area contributed by atoms with Crippen LogP contribution < -0.4 is 9.47 Å². The van der Waals surface area contributed by atoms with Crippen molar-refractivity contribution in [3.8, 4) is 17.2 Å². The van der Waals surface area contributed by atoms with E-state index in [-0.39, 0.29) is 19.1 Å². The van der Waals surface area contributed by atoms with Crippen LogP contribution >= 0.6 is 0 Å². The second kappa shape index (κ2) is 2.57. The highest BCUT2D eigenvalue weighted by atomic mass is 16.7. The molecule has 0 aliphatic carbocycles. The second-order valence-corrected chi connectivity index (χ2v) is 2.50. The Morgan fingerprint density at radius 2 is 2.17 bits per heavy atom. The second-order valence-electron chi connectivity index (χ2n) is 2.50. The van der Waals surface area contributed by atoms with Crippen LogP contribution in [0.25, 0.3) is 0 Å². The first-order chi connectivity index (χ1) is 5.81. The lowest BCUT2D eigenvalue weighted by atomic mass is 10.2. The average molecular weight is 168 g/mol. The predicted molar refractivity (Wildman–Crippen MR) is 40.2 cm³/mol. The fourth-order valence-electron chi connectivity index (χ4n) is 1.18. The number of benzene rings is 1. The van der Waals surface area contributed by atoms with Gasteiger partial charge < -0.3 is 19.7 Å². The number of ether oxygens (including phenoxy) is 2. The minimum atomic E-state index is -0.167. The van der Waals surface area contributed by atoms with Crippen LogP contribution in [0.3, 0.4) is 0 Å². The van der Waals surface area contributed by atoms with Gasteiger partial charge in [-0.2, -0.15) is 0 Å². The Morgan fingerprint density at radius 3 is 2.92 bits per heavy atom. The third-order valence-corrected chi connectivity index (χ3v) is 1.70. The van der Waals surface area contributed by atoms with Crippen molar-refractivity contribution in [1.29, 1.82) is 0 Å². The Hall–Kier alpha value is -1.42. The Balaban J connectivity index is 2.55. The standard InChI is InChI=1S/C8H8O4/c9-3-5-1-6(10)2-7-8(5)12-4-11-7/h1-2,9-10H,3-4H2. The summed E-state index contributed by atoms with van der Waals surface area (Å²) in [5, 5.41) is 18.0. The first-order valence-electron chi connectivity index (χ1n) is 3.53. The lowest BCUT2D eigenvalue weighted by Gasteiger charge is -2.02. The number of fused-ring (bicyclic) bond motifs is 1. The van der Waals surface area contributed by atoms with E-state index in [1.807, 2.05) is 0 Å². The molecule has 1 aliphatic heterocycles. The van der Waals surface area contributed by atoms with Crippen molar-refractivity contribution < 1.29 is 19.7 Å². The topological polar surface area (TPSA) is 58.9 Å². The van der Waals surface area contributed by atoms with E-state index in [2.05, 4.69) is 0 Å². The van der Waals surface area contributed by atoms with Gasteiger partial charge in [0.05, 0.1) is 6.61 Å². The van der Waals surface area contributed by atoms with E-state index in [4.69, 9.17) is 19.7 Å². The van der Waals surface area contributed by atoms with Crippen LogP contribution in [0.1, 0.15) is 5.56 Å². The minimum absolute atomic E-state index is 0.0725. The van der Waals surface area contributed by atoms with Gasteiger partial charge >= 0.3 is 0 Å². The van der Waals surface area contributed by atoms with E-state index in [0.717, 1.165) is 0 Å². The quantitative estimate of drug-likeness (QED) is 0.645. The predicted octanol–water partition coefficient (Wildman–Crippen LogP) is 0.613. The van der Waals surface area contributed by atoms with Gasteiger partial charge in [-0.1, -0.05) is 0 Å². The normalized spacial score (nSPS) is 13.4. The molecule has 0 saturated heterocycles. The summed E-state index contributed by atoms with van der Waals surface area (Å²) in [6.07, 6.45) is 0. The summed E-state index contributed by atoms with van der Waals surface area (Å²) in [6, 6.07) is 2.91. The molecule has 1 aromatic carbocycles. The van der Waals surface area contributed by atoms with Crippen molar-refractivity contribution in [2.45, 2.75) is 6.61 Å². The molecular weight excluding hydrogens is 160 g/mol. The smallest absolute Gasteiger partial charge is 0.231 e. The number of aliphatic hydroxyl groups is 1. The molecule has 0 saturated carbocycles. The van der Waals surface area contributed by atoms with Crippen LogP contribution in [-0.2, 0) is 6.61 Å². The SMILES string of the molecule is OCc1cc(O)cc2c1OCO2. The summed E-state index contributed by atoms with van der Waals surface area (Å²) in [5.74, 6) is 1.08. The molecule has 1 heterocycles. The molecule has 0 aromatic heterocycles. The van der Waals surface area contributed by atoms with Crippen LogP contribution in [-0.4, -0.2) is 17.0 Å². The maximum atomic E-state index is 9.16. The molecule has 0 atom stereocenters. The molecule has 4 nitrogen and oxygen atoms in total. The zero-order valence-corrected chi connectivity index (χ0v) is 6.28. The van der Waals surface area contributed by atoms with Gasteiger partial charge in [-0.15, -0.1) is 0 Å². The maximum absolute atomic E-state index is 9.16. The summed E-state index contributed by atoms with van der Waals surface area (Å²) in [4.78, 5) is 0. The molecule has 4 heteroatoms. The zero-order chi connectivity index (χ0) is 8.55. The molecule has 0 unspecified atom stereocenters. The van der Waals surface area contributed by atoms with Gasteiger partial charge in [0.15, 0.2) is 11.5 Å². The number of aromatic hydroxyl groups is 1. The summed E-state index contributed by atoms with van der Waals surface area (Å²) in [7, 11) is 0. The number of phenolic OH excluding ortho intramolecular Hbond substituents is 1. The van der Waals surface area contributed by atoms with Gasteiger partial charge in [-0.3, -0.25) is 0 Å². The monoisotopic (exact) mass is 168 g/mol. The molecule has 2 rings (SSSR count). The highest BCUT2D eigenvalue weighted by Gasteiger charge is 2.18. The zero-order valence-electron chi connectivity index (χ0n) is 6.28. The van der Waals surface area contributed by atoms with Gasteiger partial charge in [0.2, 0.25) is 6.79 Å². The first-order valence-corrected chi connectivity index (χ1v) is 3.53. The lowest BCUT2D eigenvalue weighted by Crippen LogP contribution is -1.94.